The maximum absolute atomic E-state index is 13.2. The lowest BCUT2D eigenvalue weighted by molar-refractivity contribution is 0.192. The van der Waals surface area contributed by atoms with Gasteiger partial charge < -0.3 is 5.32 Å². The molecule has 3 rings (SSSR count). The van der Waals surface area contributed by atoms with E-state index in [1.165, 1.54) is 31.7 Å². The Balaban J connectivity index is 1.62. The molecule has 1 unspecified atom stereocenters. The van der Waals surface area contributed by atoms with Crippen LogP contribution in [0.1, 0.15) is 31.2 Å². The summed E-state index contributed by atoms with van der Waals surface area (Å²) in [5.41, 5.74) is 1.12. The van der Waals surface area contributed by atoms with Crippen molar-refractivity contribution >= 4 is 11.6 Å². The molecule has 20 heavy (non-hydrogen) atoms. The minimum Gasteiger partial charge on any atom is -0.316 e. The zero-order chi connectivity index (χ0) is 13.9. The molecule has 1 saturated carbocycles. The van der Waals surface area contributed by atoms with Crippen molar-refractivity contribution in [3.63, 3.8) is 0 Å². The topological polar surface area (TPSA) is 15.3 Å². The summed E-state index contributed by atoms with van der Waals surface area (Å²) in [6.07, 6.45) is 5.20. The number of nitrogens with zero attached hydrogens (tertiary/aromatic N) is 1. The standard InChI is InChI=1S/C16H22ClFN2/c17-15-8-12(3-6-16(15)18)10-20(14-4-5-14)11-13-2-1-7-19-9-13/h3,6,8,13-14,19H,1-2,4-5,7,9-11H2. The van der Waals surface area contributed by atoms with E-state index in [1.807, 2.05) is 6.07 Å². The first-order valence-corrected chi connectivity index (χ1v) is 7.99. The molecular formula is C16H22ClFN2. The molecule has 0 spiro atoms. The van der Waals surface area contributed by atoms with Crippen molar-refractivity contribution in [2.24, 2.45) is 5.92 Å². The molecule has 2 aliphatic rings. The van der Waals surface area contributed by atoms with Crippen molar-refractivity contribution in [3.8, 4) is 0 Å². The van der Waals surface area contributed by atoms with Crippen LogP contribution in [-0.2, 0) is 6.54 Å². The zero-order valence-electron chi connectivity index (χ0n) is 11.7. The normalized spacial score (nSPS) is 23.2. The molecule has 1 atom stereocenters. The lowest BCUT2D eigenvalue weighted by Crippen LogP contribution is -2.39. The van der Waals surface area contributed by atoms with Crippen LogP contribution < -0.4 is 5.32 Å². The number of nitrogens with one attached hydrogen (secondary N) is 1. The van der Waals surface area contributed by atoms with Gasteiger partial charge in [-0.15, -0.1) is 0 Å². The molecule has 2 fully saturated rings. The van der Waals surface area contributed by atoms with Crippen molar-refractivity contribution < 1.29 is 4.39 Å². The van der Waals surface area contributed by atoms with Crippen LogP contribution in [0, 0.1) is 11.7 Å². The van der Waals surface area contributed by atoms with Crippen LogP contribution >= 0.6 is 11.6 Å². The fourth-order valence-corrected chi connectivity index (χ4v) is 3.27. The Kier molecular flexibility index (Phi) is 4.59. The van der Waals surface area contributed by atoms with Crippen LogP contribution in [0.25, 0.3) is 0 Å². The molecule has 1 heterocycles. The number of hydrogen-bond acceptors (Lipinski definition) is 2. The van der Waals surface area contributed by atoms with Gasteiger partial charge in [-0.05, 0) is 62.4 Å². The molecular weight excluding hydrogens is 275 g/mol. The summed E-state index contributed by atoms with van der Waals surface area (Å²) in [5.74, 6) is 0.421. The first-order chi connectivity index (χ1) is 9.72. The van der Waals surface area contributed by atoms with Crippen LogP contribution in [0.2, 0.25) is 5.02 Å². The van der Waals surface area contributed by atoms with Gasteiger partial charge in [0.05, 0.1) is 5.02 Å². The van der Waals surface area contributed by atoms with Gasteiger partial charge in [0.1, 0.15) is 5.82 Å². The van der Waals surface area contributed by atoms with Gasteiger partial charge in [-0.25, -0.2) is 4.39 Å². The van der Waals surface area contributed by atoms with Crippen molar-refractivity contribution in [1.29, 1.82) is 0 Å². The average Bonchev–Trinajstić information content (AvgIpc) is 3.28. The van der Waals surface area contributed by atoms with Crippen molar-refractivity contribution in [2.75, 3.05) is 19.6 Å². The second kappa shape index (κ2) is 6.42. The predicted octanol–water partition coefficient (Wildman–Crippen LogP) is 3.44. The molecule has 4 heteroatoms. The average molecular weight is 297 g/mol. The molecule has 0 bridgehead atoms. The third-order valence-corrected chi connectivity index (χ3v) is 4.61. The highest BCUT2D eigenvalue weighted by Gasteiger charge is 2.30. The number of rotatable bonds is 5. The summed E-state index contributed by atoms with van der Waals surface area (Å²) in [6.45, 7) is 4.33. The molecule has 1 aliphatic carbocycles. The third kappa shape index (κ3) is 3.72. The summed E-state index contributed by atoms with van der Waals surface area (Å²) < 4.78 is 13.2. The Morgan fingerprint density at radius 2 is 2.15 bits per heavy atom. The van der Waals surface area contributed by atoms with E-state index >= 15 is 0 Å². The number of halogens is 2. The second-order valence-corrected chi connectivity index (χ2v) is 6.53. The molecule has 1 aliphatic heterocycles. The lowest BCUT2D eigenvalue weighted by Gasteiger charge is -2.30. The fraction of sp³-hybridized carbons (Fsp3) is 0.625. The van der Waals surface area contributed by atoms with Crippen LogP contribution in [0.5, 0.6) is 0 Å². The SMILES string of the molecule is Fc1ccc(CN(CC2CCCNC2)C2CC2)cc1Cl. The van der Waals surface area contributed by atoms with Gasteiger partial charge in [0.15, 0.2) is 0 Å². The van der Waals surface area contributed by atoms with Crippen LogP contribution in [0.15, 0.2) is 18.2 Å². The highest BCUT2D eigenvalue weighted by atomic mass is 35.5. The van der Waals surface area contributed by atoms with Crippen molar-refractivity contribution in [2.45, 2.75) is 38.3 Å². The van der Waals surface area contributed by atoms with E-state index in [1.54, 1.807) is 6.07 Å². The van der Waals surface area contributed by atoms with E-state index in [-0.39, 0.29) is 10.8 Å². The van der Waals surface area contributed by atoms with Gasteiger partial charge >= 0.3 is 0 Å². The summed E-state index contributed by atoms with van der Waals surface area (Å²) in [5, 5.41) is 3.72. The predicted molar refractivity (Wildman–Crippen MR) is 80.4 cm³/mol. The van der Waals surface area contributed by atoms with E-state index in [0.29, 0.717) is 0 Å². The summed E-state index contributed by atoms with van der Waals surface area (Å²) >= 11 is 5.88. The highest BCUT2D eigenvalue weighted by molar-refractivity contribution is 6.30. The number of piperidine rings is 1. The van der Waals surface area contributed by atoms with E-state index in [2.05, 4.69) is 10.2 Å². The van der Waals surface area contributed by atoms with E-state index in [0.717, 1.165) is 43.7 Å². The van der Waals surface area contributed by atoms with E-state index < -0.39 is 0 Å². The van der Waals surface area contributed by atoms with Crippen LogP contribution in [0.3, 0.4) is 0 Å². The minimum absolute atomic E-state index is 0.234. The molecule has 1 aromatic carbocycles. The van der Waals surface area contributed by atoms with Gasteiger partial charge in [0.25, 0.3) is 0 Å². The number of benzene rings is 1. The Morgan fingerprint density at radius 3 is 2.80 bits per heavy atom. The maximum atomic E-state index is 13.2. The Bertz CT molecular complexity index is 456. The van der Waals surface area contributed by atoms with Gasteiger partial charge in [-0.2, -0.15) is 0 Å². The minimum atomic E-state index is -0.329. The fourth-order valence-electron chi connectivity index (χ4n) is 3.07. The largest absolute Gasteiger partial charge is 0.316 e. The first kappa shape index (κ1) is 14.3. The highest BCUT2D eigenvalue weighted by Crippen LogP contribution is 2.30. The smallest absolute Gasteiger partial charge is 0.141 e. The van der Waals surface area contributed by atoms with Gasteiger partial charge in [-0.3, -0.25) is 4.90 Å². The van der Waals surface area contributed by atoms with Gasteiger partial charge in [-0.1, -0.05) is 17.7 Å². The quantitative estimate of drug-likeness (QED) is 0.895. The summed E-state index contributed by atoms with van der Waals surface area (Å²) in [4.78, 5) is 2.56. The van der Waals surface area contributed by atoms with E-state index in [4.69, 9.17) is 11.6 Å². The molecule has 110 valence electrons. The zero-order valence-corrected chi connectivity index (χ0v) is 12.5. The van der Waals surface area contributed by atoms with Crippen molar-refractivity contribution in [1.82, 2.24) is 10.2 Å². The Hall–Kier alpha value is -0.640. The summed E-state index contributed by atoms with van der Waals surface area (Å²) in [6, 6.07) is 5.83. The lowest BCUT2D eigenvalue weighted by atomic mass is 9.98. The first-order valence-electron chi connectivity index (χ1n) is 7.61. The molecule has 2 nitrogen and oxygen atoms in total. The molecule has 1 N–H and O–H groups in total. The monoisotopic (exact) mass is 296 g/mol. The van der Waals surface area contributed by atoms with Crippen LogP contribution in [0.4, 0.5) is 4.39 Å². The maximum Gasteiger partial charge on any atom is 0.141 e. The van der Waals surface area contributed by atoms with Crippen molar-refractivity contribution in [3.05, 3.63) is 34.6 Å². The van der Waals surface area contributed by atoms with Gasteiger partial charge in [0.2, 0.25) is 0 Å². The summed E-state index contributed by atoms with van der Waals surface area (Å²) in [7, 11) is 0. The third-order valence-electron chi connectivity index (χ3n) is 4.32. The molecule has 0 amide bonds. The molecule has 1 aromatic rings. The van der Waals surface area contributed by atoms with Gasteiger partial charge in [0, 0.05) is 19.1 Å². The Labute approximate surface area is 125 Å². The second-order valence-electron chi connectivity index (χ2n) is 6.12. The number of hydrogen-bond donors (Lipinski definition) is 1. The molecule has 0 aromatic heterocycles. The molecule has 0 radical (unpaired) electrons. The van der Waals surface area contributed by atoms with E-state index in [9.17, 15) is 4.39 Å². The Morgan fingerprint density at radius 1 is 1.30 bits per heavy atom. The van der Waals surface area contributed by atoms with Crippen LogP contribution in [-0.4, -0.2) is 30.6 Å². The molecule has 1 saturated heterocycles.